The number of carboxylic acid groups (broad SMARTS) is 2. The summed E-state index contributed by atoms with van der Waals surface area (Å²) in [5.74, 6) is -3.63. The van der Waals surface area contributed by atoms with Gasteiger partial charge in [0, 0.05) is 24.4 Å². The van der Waals surface area contributed by atoms with E-state index in [1.54, 1.807) is 36.7 Å². The zero-order chi connectivity index (χ0) is 28.6. The minimum atomic E-state index is -2.76. The fourth-order valence-corrected chi connectivity index (χ4v) is 4.53. The molecule has 0 radical (unpaired) electrons. The number of nitrogens with two attached hydrogens (primary N) is 1. The Morgan fingerprint density at radius 3 is 2.45 bits per heavy atom. The van der Waals surface area contributed by atoms with Gasteiger partial charge in [0.1, 0.15) is 24.1 Å². The Balaban J connectivity index is 1.35. The monoisotopic (exact) mass is 573 g/mol. The number of alkyl halides is 1. The summed E-state index contributed by atoms with van der Waals surface area (Å²) in [5, 5.41) is 30.1. The Morgan fingerprint density at radius 2 is 1.80 bits per heavy atom. The number of carboxylic acids is 2. The number of imidazole rings is 1. The van der Waals surface area contributed by atoms with Crippen LogP contribution in [0.4, 0.5) is 10.2 Å². The molecule has 1 saturated heterocycles. The normalized spacial score (nSPS) is 21.1. The lowest BCUT2D eigenvalue weighted by Crippen LogP contribution is -2.52. The first-order chi connectivity index (χ1) is 19.1. The number of anilines is 1. The third kappa shape index (κ3) is 4.90. The SMILES string of the molecule is Nc1nc(Cl)nc2c1ncn2[C@@H]1O[C@H](COC(Cc2ccc(-c3cncnc3)cc2)(C(=O)O)C(=O)O)[C@@H](O)[C@@H]1F. The van der Waals surface area contributed by atoms with Crippen LogP contribution in [0.5, 0.6) is 0 Å². The van der Waals surface area contributed by atoms with Crippen molar-refractivity contribution >= 4 is 40.5 Å². The molecule has 1 aromatic carbocycles. The predicted octanol–water partition coefficient (Wildman–Crippen LogP) is 1.28. The molecular weight excluding hydrogens is 553 g/mol. The van der Waals surface area contributed by atoms with Crippen LogP contribution in [0, 0.1) is 0 Å². The molecule has 208 valence electrons. The van der Waals surface area contributed by atoms with E-state index in [0.29, 0.717) is 11.1 Å². The summed E-state index contributed by atoms with van der Waals surface area (Å²) >= 11 is 5.85. The molecule has 0 bridgehead atoms. The number of benzene rings is 1. The highest BCUT2D eigenvalue weighted by Crippen LogP contribution is 2.35. The number of hydrogen-bond acceptors (Lipinski definition) is 11. The van der Waals surface area contributed by atoms with Crippen LogP contribution < -0.4 is 5.73 Å². The summed E-state index contributed by atoms with van der Waals surface area (Å²) in [6.07, 6.45) is -1.61. The number of aromatic nitrogens is 6. The first-order valence-electron chi connectivity index (χ1n) is 11.7. The Hall–Kier alpha value is -4.31. The second-order valence-electron chi connectivity index (χ2n) is 8.95. The average molecular weight is 574 g/mol. The second kappa shape index (κ2) is 10.7. The topological polar surface area (TPSA) is 209 Å². The van der Waals surface area contributed by atoms with Gasteiger partial charge >= 0.3 is 11.9 Å². The quantitative estimate of drug-likeness (QED) is 0.164. The Morgan fingerprint density at radius 1 is 1.12 bits per heavy atom. The van der Waals surface area contributed by atoms with Crippen LogP contribution in [0.25, 0.3) is 22.3 Å². The van der Waals surface area contributed by atoms with Crippen molar-refractivity contribution in [3.8, 4) is 11.1 Å². The minimum absolute atomic E-state index is 0.0369. The number of aliphatic hydroxyl groups excluding tert-OH is 1. The third-order valence-corrected chi connectivity index (χ3v) is 6.64. The molecule has 0 amide bonds. The fraction of sp³-hybridized carbons (Fsp3) is 0.292. The summed E-state index contributed by atoms with van der Waals surface area (Å²) in [7, 11) is 0. The van der Waals surface area contributed by atoms with Gasteiger partial charge in [0.25, 0.3) is 5.60 Å². The molecule has 4 aromatic rings. The van der Waals surface area contributed by atoms with Gasteiger partial charge in [-0.1, -0.05) is 24.3 Å². The van der Waals surface area contributed by atoms with E-state index in [-0.39, 0.29) is 22.3 Å². The number of halogens is 2. The summed E-state index contributed by atoms with van der Waals surface area (Å²) in [4.78, 5) is 44.1. The molecule has 0 aliphatic carbocycles. The van der Waals surface area contributed by atoms with Gasteiger partial charge in [0.2, 0.25) is 5.28 Å². The second-order valence-corrected chi connectivity index (χ2v) is 9.29. The van der Waals surface area contributed by atoms with E-state index in [4.69, 9.17) is 26.8 Å². The van der Waals surface area contributed by atoms with Crippen LogP contribution in [0.3, 0.4) is 0 Å². The van der Waals surface area contributed by atoms with Gasteiger partial charge in [-0.25, -0.2) is 28.9 Å². The molecule has 0 unspecified atom stereocenters. The van der Waals surface area contributed by atoms with Gasteiger partial charge in [-0.05, 0) is 22.7 Å². The Kier molecular flexibility index (Phi) is 7.29. The smallest absolute Gasteiger partial charge is 0.348 e. The van der Waals surface area contributed by atoms with Crippen molar-refractivity contribution in [2.45, 2.75) is 36.6 Å². The van der Waals surface area contributed by atoms with Crippen molar-refractivity contribution in [3.63, 3.8) is 0 Å². The van der Waals surface area contributed by atoms with Gasteiger partial charge in [0.15, 0.2) is 23.9 Å². The van der Waals surface area contributed by atoms with Crippen molar-refractivity contribution in [3.05, 3.63) is 60.2 Å². The first kappa shape index (κ1) is 27.3. The molecular formula is C24H21ClFN7O7. The van der Waals surface area contributed by atoms with Crippen LogP contribution in [0.1, 0.15) is 11.8 Å². The first-order valence-corrected chi connectivity index (χ1v) is 12.1. The highest BCUT2D eigenvalue weighted by atomic mass is 35.5. The number of nitrogens with zero attached hydrogens (tertiary/aromatic N) is 6. The molecule has 14 nitrogen and oxygen atoms in total. The van der Waals surface area contributed by atoms with E-state index in [9.17, 15) is 24.9 Å². The molecule has 4 atom stereocenters. The number of hydrogen-bond donors (Lipinski definition) is 4. The van der Waals surface area contributed by atoms with E-state index in [2.05, 4.69) is 24.9 Å². The van der Waals surface area contributed by atoms with E-state index < -0.39 is 55.2 Å². The molecule has 40 heavy (non-hydrogen) atoms. The third-order valence-electron chi connectivity index (χ3n) is 6.47. The van der Waals surface area contributed by atoms with Crippen LogP contribution in [-0.2, 0) is 25.5 Å². The molecule has 1 aliphatic heterocycles. The van der Waals surface area contributed by atoms with Gasteiger partial charge in [-0.2, -0.15) is 9.97 Å². The van der Waals surface area contributed by atoms with Crippen LogP contribution in [0.2, 0.25) is 5.28 Å². The maximum Gasteiger partial charge on any atom is 0.348 e. The van der Waals surface area contributed by atoms with E-state index in [0.717, 1.165) is 10.1 Å². The van der Waals surface area contributed by atoms with Crippen molar-refractivity contribution in [2.24, 2.45) is 0 Å². The number of ether oxygens (including phenoxy) is 2. The molecule has 5 rings (SSSR count). The Labute approximate surface area is 229 Å². The molecule has 3 aromatic heterocycles. The lowest BCUT2D eigenvalue weighted by Gasteiger charge is -2.27. The largest absolute Gasteiger partial charge is 0.479 e. The minimum Gasteiger partial charge on any atom is -0.479 e. The van der Waals surface area contributed by atoms with Crippen molar-refractivity contribution in [2.75, 3.05) is 12.3 Å². The van der Waals surface area contributed by atoms with Gasteiger partial charge in [-0.15, -0.1) is 0 Å². The number of nitrogen functional groups attached to an aromatic ring is 1. The van der Waals surface area contributed by atoms with Crippen LogP contribution in [0.15, 0.2) is 49.3 Å². The van der Waals surface area contributed by atoms with Gasteiger partial charge < -0.3 is 30.5 Å². The van der Waals surface area contributed by atoms with E-state index in [1.165, 1.54) is 12.7 Å². The fourth-order valence-electron chi connectivity index (χ4n) is 4.35. The molecule has 16 heteroatoms. The zero-order valence-electron chi connectivity index (χ0n) is 20.3. The maximum atomic E-state index is 15.2. The highest BCUT2D eigenvalue weighted by Gasteiger charge is 2.52. The number of aliphatic carboxylic acids is 2. The van der Waals surface area contributed by atoms with E-state index in [1.807, 2.05) is 0 Å². The lowest BCUT2D eigenvalue weighted by atomic mass is 9.93. The summed E-state index contributed by atoms with van der Waals surface area (Å²) < 4.78 is 27.3. The maximum absolute atomic E-state index is 15.2. The van der Waals surface area contributed by atoms with Gasteiger partial charge in [-0.3, -0.25) is 4.57 Å². The molecule has 4 heterocycles. The summed E-state index contributed by atoms with van der Waals surface area (Å²) in [5.41, 5.74) is 4.94. The van der Waals surface area contributed by atoms with E-state index >= 15 is 4.39 Å². The summed E-state index contributed by atoms with van der Waals surface area (Å²) in [6.45, 7) is -0.763. The Bertz CT molecular complexity index is 1540. The summed E-state index contributed by atoms with van der Waals surface area (Å²) in [6, 6.07) is 6.40. The van der Waals surface area contributed by atoms with Gasteiger partial charge in [0.05, 0.1) is 12.9 Å². The van der Waals surface area contributed by atoms with Crippen molar-refractivity contribution in [1.29, 1.82) is 0 Å². The standard InChI is InChI=1S/C24H21ClFN7O7/c25-23-31-18(27)16-19(32-23)33(10-30-16)20-15(26)17(34)14(40-20)8-39-24(21(35)36,22(37)38)5-11-1-3-12(4-2-11)13-6-28-9-29-7-13/h1-4,6-7,9-10,14-15,17,20,34H,5,8H2,(H,35,36)(H,37,38)(H2,27,31,32)/t14-,15+,17-,20-/m1/s1. The number of carbonyl (C=O) groups is 2. The van der Waals surface area contributed by atoms with Crippen LogP contribution in [-0.4, -0.2) is 87.3 Å². The highest BCUT2D eigenvalue weighted by molar-refractivity contribution is 6.28. The molecule has 5 N–H and O–H groups in total. The predicted molar refractivity (Wildman–Crippen MR) is 135 cm³/mol. The number of rotatable bonds is 9. The molecule has 0 spiro atoms. The average Bonchev–Trinajstić information content (AvgIpc) is 3.47. The molecule has 1 fully saturated rings. The molecule has 0 saturated carbocycles. The molecule has 1 aliphatic rings. The van der Waals surface area contributed by atoms with Crippen molar-refractivity contribution < 1.29 is 38.8 Å². The van der Waals surface area contributed by atoms with Crippen molar-refractivity contribution in [1.82, 2.24) is 29.5 Å². The number of aliphatic hydroxyl groups is 1. The number of fused-ring (bicyclic) bond motifs is 1. The zero-order valence-corrected chi connectivity index (χ0v) is 21.1. The van der Waals surface area contributed by atoms with Crippen LogP contribution >= 0.6 is 11.6 Å². The lowest BCUT2D eigenvalue weighted by molar-refractivity contribution is -0.190.